The highest BCUT2D eigenvalue weighted by molar-refractivity contribution is 6.00. The van der Waals surface area contributed by atoms with Gasteiger partial charge in [0.1, 0.15) is 0 Å². The van der Waals surface area contributed by atoms with Crippen LogP contribution in [0, 0.1) is 11.3 Å². The lowest BCUT2D eigenvalue weighted by atomic mass is 9.94. The molecule has 0 bridgehead atoms. The van der Waals surface area contributed by atoms with Gasteiger partial charge in [0, 0.05) is 24.8 Å². The number of alkyl halides is 3. The van der Waals surface area contributed by atoms with Crippen molar-refractivity contribution in [3.63, 3.8) is 0 Å². The van der Waals surface area contributed by atoms with Crippen LogP contribution in [0.5, 0.6) is 0 Å². The molecule has 2 aliphatic rings. The summed E-state index contributed by atoms with van der Waals surface area (Å²) in [7, 11) is 1.53. The average Bonchev–Trinajstić information content (AvgIpc) is 3.27. The van der Waals surface area contributed by atoms with E-state index in [0.717, 1.165) is 17.7 Å². The van der Waals surface area contributed by atoms with Crippen LogP contribution < -0.4 is 15.5 Å². The molecule has 0 saturated carbocycles. The highest BCUT2D eigenvalue weighted by Gasteiger charge is 2.44. The van der Waals surface area contributed by atoms with Crippen molar-refractivity contribution in [1.29, 1.82) is 5.26 Å². The van der Waals surface area contributed by atoms with Crippen molar-refractivity contribution >= 4 is 17.5 Å². The Hall–Kier alpha value is -4.66. The minimum absolute atomic E-state index is 0.0349. The number of hydrogen-bond donors (Lipinski definition) is 3. The molecule has 1 unspecified atom stereocenters. The lowest BCUT2D eigenvalue weighted by Gasteiger charge is -2.39. The molecule has 0 fully saturated rings. The second-order valence-electron chi connectivity index (χ2n) is 9.42. The van der Waals surface area contributed by atoms with E-state index in [9.17, 15) is 27.9 Å². The summed E-state index contributed by atoms with van der Waals surface area (Å²) in [5.74, 6) is -0.598. The van der Waals surface area contributed by atoms with Gasteiger partial charge in [0.15, 0.2) is 6.35 Å². The lowest BCUT2D eigenvalue weighted by molar-refractivity contribution is -0.137. The summed E-state index contributed by atoms with van der Waals surface area (Å²) in [5, 5.41) is 25.8. The molecule has 2 heterocycles. The first-order chi connectivity index (χ1) is 19.1. The van der Waals surface area contributed by atoms with E-state index in [4.69, 9.17) is 5.26 Å². The zero-order chi connectivity index (χ0) is 28.6. The van der Waals surface area contributed by atoms with Crippen LogP contribution in [0.4, 0.5) is 18.9 Å². The van der Waals surface area contributed by atoms with Crippen LogP contribution in [-0.2, 0) is 17.5 Å². The van der Waals surface area contributed by atoms with Crippen LogP contribution in [0.2, 0.25) is 0 Å². The molecule has 0 saturated heterocycles. The number of benzene rings is 3. The third kappa shape index (κ3) is 5.02. The van der Waals surface area contributed by atoms with Crippen molar-refractivity contribution in [3.05, 3.63) is 112 Å². The lowest BCUT2D eigenvalue weighted by Crippen LogP contribution is -2.52. The van der Waals surface area contributed by atoms with Gasteiger partial charge >= 0.3 is 6.18 Å². The topological polar surface area (TPSA) is 109 Å². The molecule has 40 heavy (non-hydrogen) atoms. The molecule has 0 spiro atoms. The number of aliphatic hydroxyl groups excluding tert-OH is 1. The molecule has 3 N–H and O–H groups in total. The molecule has 204 valence electrons. The van der Waals surface area contributed by atoms with Crippen LogP contribution in [0.1, 0.15) is 38.7 Å². The van der Waals surface area contributed by atoms with E-state index in [1.807, 2.05) is 6.07 Å². The summed E-state index contributed by atoms with van der Waals surface area (Å²) in [5.41, 5.74) is 2.08. The standard InChI is InChI=1S/C29H24F3N5O3/c1-34-26(38)20-11-7-18(8-12-20)15-36-16-23-24(27(36)39)25(19-9-5-17(14-33)6-10-19)35-28(40)37(23)22-4-2-3-21(13-22)29(30,31)32/h2-13,25,28,35,40H,15-16H2,1H3,(H,34,38)/t25-,28?/m1/s1. The van der Waals surface area contributed by atoms with Crippen LogP contribution in [-0.4, -0.2) is 41.8 Å². The quantitative estimate of drug-likeness (QED) is 0.450. The average molecular weight is 548 g/mol. The predicted molar refractivity (Wildman–Crippen MR) is 139 cm³/mol. The van der Waals surface area contributed by atoms with Gasteiger partial charge in [-0.15, -0.1) is 0 Å². The second-order valence-corrected chi connectivity index (χ2v) is 9.42. The van der Waals surface area contributed by atoms with Gasteiger partial charge < -0.3 is 20.2 Å². The molecule has 3 aromatic carbocycles. The third-order valence-electron chi connectivity index (χ3n) is 6.95. The van der Waals surface area contributed by atoms with Gasteiger partial charge in [-0.1, -0.05) is 30.3 Å². The smallest absolute Gasteiger partial charge is 0.361 e. The number of carbonyl (C=O) groups is 2. The number of hydrogen-bond acceptors (Lipinski definition) is 6. The first-order valence-corrected chi connectivity index (χ1v) is 12.3. The summed E-state index contributed by atoms with van der Waals surface area (Å²) < 4.78 is 40.5. The number of carbonyl (C=O) groups excluding carboxylic acids is 2. The van der Waals surface area contributed by atoms with Gasteiger partial charge in [-0.2, -0.15) is 18.4 Å². The Morgan fingerprint density at radius 2 is 1.82 bits per heavy atom. The van der Waals surface area contributed by atoms with Crippen molar-refractivity contribution in [2.45, 2.75) is 25.1 Å². The third-order valence-corrected chi connectivity index (χ3v) is 6.95. The van der Waals surface area contributed by atoms with Crippen LogP contribution in [0.25, 0.3) is 0 Å². The minimum Gasteiger partial charge on any atom is -0.361 e. The molecule has 0 aliphatic carbocycles. The van der Waals surface area contributed by atoms with Gasteiger partial charge in [0.25, 0.3) is 11.8 Å². The summed E-state index contributed by atoms with van der Waals surface area (Å²) in [6, 6.07) is 19.1. The molecule has 2 atom stereocenters. The Morgan fingerprint density at radius 3 is 2.45 bits per heavy atom. The maximum atomic E-state index is 13.8. The number of nitriles is 1. The number of anilines is 1. The largest absolute Gasteiger partial charge is 0.416 e. The van der Waals surface area contributed by atoms with Crippen molar-refractivity contribution < 1.29 is 27.9 Å². The fourth-order valence-electron chi connectivity index (χ4n) is 4.98. The van der Waals surface area contributed by atoms with Gasteiger partial charge in [-0.05, 0) is 53.6 Å². The van der Waals surface area contributed by atoms with Gasteiger partial charge in [-0.25, -0.2) is 0 Å². The monoisotopic (exact) mass is 547 g/mol. The van der Waals surface area contributed by atoms with Gasteiger partial charge in [0.05, 0.1) is 41.1 Å². The van der Waals surface area contributed by atoms with E-state index in [2.05, 4.69) is 10.6 Å². The highest BCUT2D eigenvalue weighted by atomic mass is 19.4. The number of halogens is 3. The van der Waals surface area contributed by atoms with E-state index in [0.29, 0.717) is 22.4 Å². The maximum Gasteiger partial charge on any atom is 0.416 e. The van der Waals surface area contributed by atoms with Crippen molar-refractivity contribution in [3.8, 4) is 6.07 Å². The van der Waals surface area contributed by atoms with Gasteiger partial charge in [-0.3, -0.25) is 14.9 Å². The first kappa shape index (κ1) is 26.9. The van der Waals surface area contributed by atoms with E-state index >= 15 is 0 Å². The Kier molecular flexibility index (Phi) is 7.06. The van der Waals surface area contributed by atoms with Crippen LogP contribution >= 0.6 is 0 Å². The fraction of sp³-hybridized carbons (Fsp3) is 0.207. The molecule has 8 nitrogen and oxygen atoms in total. The fourth-order valence-corrected chi connectivity index (χ4v) is 4.98. The number of aliphatic hydroxyl groups is 1. The molecular formula is C29H24F3N5O3. The SMILES string of the molecule is CNC(=O)c1ccc(CN2CC3=C(C2=O)[C@@H](c2ccc(C#N)cc2)NC(O)N3c2cccc(C(F)(F)F)c2)cc1. The molecule has 2 amide bonds. The Labute approximate surface area is 227 Å². The molecule has 2 aliphatic heterocycles. The molecule has 3 aromatic rings. The van der Waals surface area contributed by atoms with Gasteiger partial charge in [0.2, 0.25) is 0 Å². The maximum absolute atomic E-state index is 13.8. The molecule has 11 heteroatoms. The summed E-state index contributed by atoms with van der Waals surface area (Å²) in [6.07, 6.45) is -6.03. The van der Waals surface area contributed by atoms with E-state index in [-0.39, 0.29) is 36.2 Å². The predicted octanol–water partition coefficient (Wildman–Crippen LogP) is 3.66. The Morgan fingerprint density at radius 1 is 1.12 bits per heavy atom. The highest BCUT2D eigenvalue weighted by Crippen LogP contribution is 2.41. The van der Waals surface area contributed by atoms with E-state index < -0.39 is 24.1 Å². The zero-order valence-corrected chi connectivity index (χ0v) is 21.2. The Balaban J connectivity index is 1.53. The molecule has 0 radical (unpaired) electrons. The van der Waals surface area contributed by atoms with E-state index in [1.54, 1.807) is 48.5 Å². The molecule has 0 aromatic heterocycles. The van der Waals surface area contributed by atoms with E-state index in [1.165, 1.54) is 29.0 Å². The van der Waals surface area contributed by atoms with Crippen molar-refractivity contribution in [2.24, 2.45) is 0 Å². The minimum atomic E-state index is -4.59. The summed E-state index contributed by atoms with van der Waals surface area (Å²) in [4.78, 5) is 28.5. The van der Waals surface area contributed by atoms with Crippen molar-refractivity contribution in [2.75, 3.05) is 18.5 Å². The second kappa shape index (κ2) is 10.5. The van der Waals surface area contributed by atoms with Crippen LogP contribution in [0.15, 0.2) is 84.1 Å². The summed E-state index contributed by atoms with van der Waals surface area (Å²) in [6.45, 7) is 0.208. The normalized spacial score (nSPS) is 18.9. The molecule has 5 rings (SSSR count). The first-order valence-electron chi connectivity index (χ1n) is 12.3. The zero-order valence-electron chi connectivity index (χ0n) is 21.2. The van der Waals surface area contributed by atoms with Crippen LogP contribution in [0.3, 0.4) is 0 Å². The molecular weight excluding hydrogens is 523 g/mol. The van der Waals surface area contributed by atoms with Crippen molar-refractivity contribution in [1.82, 2.24) is 15.5 Å². The number of nitrogens with one attached hydrogen (secondary N) is 2. The summed E-state index contributed by atoms with van der Waals surface area (Å²) >= 11 is 0. The number of nitrogens with zero attached hydrogens (tertiary/aromatic N) is 3. The number of rotatable bonds is 5. The number of amides is 2. The Bertz CT molecular complexity index is 1530.